The lowest BCUT2D eigenvalue weighted by atomic mass is 9.84. The van der Waals surface area contributed by atoms with Crippen LogP contribution in [0.15, 0.2) is 0 Å². The van der Waals surface area contributed by atoms with Gasteiger partial charge in [0.25, 0.3) is 0 Å². The lowest BCUT2D eigenvalue weighted by Crippen LogP contribution is -2.53. The monoisotopic (exact) mass is 298 g/mol. The smallest absolute Gasteiger partial charge is 0.239 e. The van der Waals surface area contributed by atoms with Gasteiger partial charge in [-0.05, 0) is 38.5 Å². The third-order valence-corrected chi connectivity index (χ3v) is 4.63. The zero-order chi connectivity index (χ0) is 15.7. The van der Waals surface area contributed by atoms with Gasteiger partial charge in [0.15, 0.2) is 0 Å². The molecule has 4 nitrogen and oxygen atoms in total. The van der Waals surface area contributed by atoms with E-state index in [9.17, 15) is 9.90 Å². The Morgan fingerprint density at radius 2 is 2.05 bits per heavy atom. The zero-order valence-electron chi connectivity index (χ0n) is 13.9. The number of nitrogens with one attached hydrogen (secondary N) is 1. The van der Waals surface area contributed by atoms with Crippen molar-refractivity contribution in [3.05, 3.63) is 0 Å². The van der Waals surface area contributed by atoms with Crippen molar-refractivity contribution >= 4 is 5.91 Å². The van der Waals surface area contributed by atoms with Crippen molar-refractivity contribution in [1.82, 2.24) is 5.32 Å². The molecule has 0 heterocycles. The molecule has 1 aliphatic carbocycles. The summed E-state index contributed by atoms with van der Waals surface area (Å²) >= 11 is 0. The Morgan fingerprint density at radius 3 is 2.67 bits per heavy atom. The van der Waals surface area contributed by atoms with E-state index >= 15 is 0 Å². The fourth-order valence-corrected chi connectivity index (χ4v) is 3.17. The zero-order valence-corrected chi connectivity index (χ0v) is 13.9. The molecule has 0 aromatic heterocycles. The van der Waals surface area contributed by atoms with Crippen molar-refractivity contribution in [1.29, 1.82) is 0 Å². The fourth-order valence-electron chi connectivity index (χ4n) is 3.17. The normalized spacial score (nSPS) is 20.8. The Balaban J connectivity index is 2.26. The number of hydrogen-bond acceptors (Lipinski definition) is 3. The van der Waals surface area contributed by atoms with Crippen LogP contribution in [0.3, 0.4) is 0 Å². The molecule has 1 aliphatic rings. The molecule has 0 saturated heterocycles. The van der Waals surface area contributed by atoms with Crippen LogP contribution in [0, 0.1) is 5.92 Å². The number of unbranched alkanes of at least 4 members (excludes halogenated alkanes) is 1. The molecule has 1 saturated carbocycles. The minimum atomic E-state index is -0.972. The second kappa shape index (κ2) is 9.42. The van der Waals surface area contributed by atoms with E-state index < -0.39 is 11.6 Å². The number of aliphatic hydroxyl groups excluding tert-OH is 1. The summed E-state index contributed by atoms with van der Waals surface area (Å²) in [5, 5.41) is 13.0. The minimum absolute atomic E-state index is 0.146. The summed E-state index contributed by atoms with van der Waals surface area (Å²) in [6, 6.07) is 0. The SMILES string of the molecule is CCCCNC(=O)C(C)(N)CC(O)CCC1CCCCC1. The van der Waals surface area contributed by atoms with Crippen molar-refractivity contribution < 1.29 is 9.90 Å². The quantitative estimate of drug-likeness (QED) is 0.573. The summed E-state index contributed by atoms with van der Waals surface area (Å²) in [6.07, 6.45) is 10.3. The van der Waals surface area contributed by atoms with Crippen LogP contribution in [0.4, 0.5) is 0 Å². The summed E-state index contributed by atoms with van der Waals surface area (Å²) in [4.78, 5) is 12.0. The molecule has 124 valence electrons. The number of hydrogen-bond donors (Lipinski definition) is 3. The molecule has 0 spiro atoms. The van der Waals surface area contributed by atoms with Crippen molar-refractivity contribution in [3.8, 4) is 0 Å². The number of nitrogens with two attached hydrogens (primary N) is 1. The summed E-state index contributed by atoms with van der Waals surface area (Å²) in [5.74, 6) is 0.614. The summed E-state index contributed by atoms with van der Waals surface area (Å²) in [5.41, 5.74) is 5.11. The Kier molecular flexibility index (Phi) is 8.27. The summed E-state index contributed by atoms with van der Waals surface area (Å²) < 4.78 is 0. The number of carbonyl (C=O) groups is 1. The van der Waals surface area contributed by atoms with Gasteiger partial charge in [0.2, 0.25) is 5.91 Å². The Labute approximate surface area is 129 Å². The van der Waals surface area contributed by atoms with Crippen molar-refractivity contribution in [3.63, 3.8) is 0 Å². The van der Waals surface area contributed by atoms with E-state index in [0.29, 0.717) is 13.0 Å². The second-order valence-electron chi connectivity index (χ2n) is 6.97. The Hall–Kier alpha value is -0.610. The van der Waals surface area contributed by atoms with Gasteiger partial charge in [-0.1, -0.05) is 45.4 Å². The highest BCUT2D eigenvalue weighted by Crippen LogP contribution is 2.28. The molecule has 4 heteroatoms. The lowest BCUT2D eigenvalue weighted by Gasteiger charge is -2.28. The van der Waals surface area contributed by atoms with Crippen LogP contribution in [0.2, 0.25) is 0 Å². The molecule has 21 heavy (non-hydrogen) atoms. The molecule has 2 atom stereocenters. The van der Waals surface area contributed by atoms with Gasteiger partial charge in [0, 0.05) is 6.54 Å². The van der Waals surface area contributed by atoms with Gasteiger partial charge < -0.3 is 16.2 Å². The van der Waals surface area contributed by atoms with Crippen LogP contribution in [-0.4, -0.2) is 29.2 Å². The van der Waals surface area contributed by atoms with E-state index in [2.05, 4.69) is 12.2 Å². The number of aliphatic hydroxyl groups is 1. The van der Waals surface area contributed by atoms with Gasteiger partial charge >= 0.3 is 0 Å². The minimum Gasteiger partial charge on any atom is -0.393 e. The molecule has 0 aliphatic heterocycles. The topological polar surface area (TPSA) is 75.4 Å². The van der Waals surface area contributed by atoms with E-state index in [1.54, 1.807) is 6.92 Å². The highest BCUT2D eigenvalue weighted by molar-refractivity contribution is 5.85. The molecule has 1 amide bonds. The molecule has 1 fully saturated rings. The van der Waals surface area contributed by atoms with Crippen LogP contribution < -0.4 is 11.1 Å². The maximum Gasteiger partial charge on any atom is 0.239 e. The predicted octanol–water partition coefficient (Wildman–Crippen LogP) is 2.73. The third kappa shape index (κ3) is 7.28. The van der Waals surface area contributed by atoms with E-state index in [1.807, 2.05) is 0 Å². The van der Waals surface area contributed by atoms with Crippen LogP contribution >= 0.6 is 0 Å². The first-order valence-corrected chi connectivity index (χ1v) is 8.71. The van der Waals surface area contributed by atoms with Crippen molar-refractivity contribution in [2.24, 2.45) is 11.7 Å². The van der Waals surface area contributed by atoms with Gasteiger partial charge in [-0.2, -0.15) is 0 Å². The third-order valence-electron chi connectivity index (χ3n) is 4.63. The van der Waals surface area contributed by atoms with Crippen LogP contribution in [0.5, 0.6) is 0 Å². The first-order chi connectivity index (χ1) is 9.95. The standard InChI is InChI=1S/C17H34N2O2/c1-3-4-12-19-16(21)17(2,18)13-15(20)11-10-14-8-6-5-7-9-14/h14-15,20H,3-13,18H2,1-2H3,(H,19,21). The average molecular weight is 298 g/mol. The Bertz CT molecular complexity index is 299. The fraction of sp³-hybridized carbons (Fsp3) is 0.941. The Morgan fingerprint density at radius 1 is 1.38 bits per heavy atom. The second-order valence-corrected chi connectivity index (χ2v) is 6.97. The van der Waals surface area contributed by atoms with Crippen LogP contribution in [-0.2, 0) is 4.79 Å². The number of amides is 1. The predicted molar refractivity (Wildman–Crippen MR) is 86.9 cm³/mol. The van der Waals surface area contributed by atoms with Gasteiger partial charge in [0.05, 0.1) is 11.6 Å². The lowest BCUT2D eigenvalue weighted by molar-refractivity contribution is -0.127. The van der Waals surface area contributed by atoms with Crippen LogP contribution in [0.25, 0.3) is 0 Å². The van der Waals surface area contributed by atoms with Gasteiger partial charge in [-0.15, -0.1) is 0 Å². The van der Waals surface area contributed by atoms with E-state index in [-0.39, 0.29) is 5.91 Å². The van der Waals surface area contributed by atoms with Crippen molar-refractivity contribution in [2.45, 2.75) is 89.7 Å². The average Bonchev–Trinajstić information content (AvgIpc) is 2.46. The molecular weight excluding hydrogens is 264 g/mol. The van der Waals surface area contributed by atoms with Gasteiger partial charge in [-0.25, -0.2) is 0 Å². The maximum absolute atomic E-state index is 12.0. The van der Waals surface area contributed by atoms with Crippen molar-refractivity contribution in [2.75, 3.05) is 6.54 Å². The molecule has 0 radical (unpaired) electrons. The highest BCUT2D eigenvalue weighted by Gasteiger charge is 2.31. The molecule has 4 N–H and O–H groups in total. The first kappa shape index (κ1) is 18.4. The number of rotatable bonds is 9. The molecule has 1 rings (SSSR count). The maximum atomic E-state index is 12.0. The molecule has 0 bridgehead atoms. The van der Waals surface area contributed by atoms with Crippen LogP contribution in [0.1, 0.15) is 78.1 Å². The van der Waals surface area contributed by atoms with Gasteiger partial charge in [0.1, 0.15) is 0 Å². The van der Waals surface area contributed by atoms with E-state index in [0.717, 1.165) is 31.6 Å². The summed E-state index contributed by atoms with van der Waals surface area (Å²) in [6.45, 7) is 4.47. The largest absolute Gasteiger partial charge is 0.393 e. The molecular formula is C17H34N2O2. The van der Waals surface area contributed by atoms with E-state index in [4.69, 9.17) is 5.73 Å². The number of carbonyl (C=O) groups excluding carboxylic acids is 1. The first-order valence-electron chi connectivity index (χ1n) is 8.71. The molecule has 0 aromatic rings. The summed E-state index contributed by atoms with van der Waals surface area (Å²) in [7, 11) is 0. The molecule has 0 aromatic carbocycles. The van der Waals surface area contributed by atoms with Gasteiger partial charge in [-0.3, -0.25) is 4.79 Å². The molecule has 2 unspecified atom stereocenters. The van der Waals surface area contributed by atoms with E-state index in [1.165, 1.54) is 32.1 Å². The highest BCUT2D eigenvalue weighted by atomic mass is 16.3.